The zero-order valence-corrected chi connectivity index (χ0v) is 12.1. The molecular formula is C16H17N5. The minimum Gasteiger partial charge on any atom is -0.364 e. The first-order chi connectivity index (χ1) is 10.2. The number of anilines is 1. The molecule has 1 aromatic carbocycles. The Balaban J connectivity index is 1.70. The Morgan fingerprint density at radius 3 is 2.67 bits per heavy atom. The minimum absolute atomic E-state index is 0.725. The van der Waals surface area contributed by atoms with Crippen LogP contribution in [0.2, 0.25) is 0 Å². The van der Waals surface area contributed by atoms with E-state index in [1.165, 1.54) is 5.56 Å². The maximum atomic E-state index is 4.46. The van der Waals surface area contributed by atoms with Gasteiger partial charge in [-0.3, -0.25) is 4.98 Å². The highest BCUT2D eigenvalue weighted by Gasteiger charge is 2.02. The monoisotopic (exact) mass is 279 g/mol. The molecule has 1 N–H and O–H groups in total. The van der Waals surface area contributed by atoms with Crippen LogP contribution in [-0.2, 0) is 6.54 Å². The van der Waals surface area contributed by atoms with Gasteiger partial charge in [0.2, 0.25) is 0 Å². The Labute approximate surface area is 123 Å². The lowest BCUT2D eigenvalue weighted by atomic mass is 10.2. The van der Waals surface area contributed by atoms with E-state index in [2.05, 4.69) is 44.5 Å². The summed E-state index contributed by atoms with van der Waals surface area (Å²) in [7, 11) is 0. The largest absolute Gasteiger partial charge is 0.364 e. The van der Waals surface area contributed by atoms with Gasteiger partial charge in [0.05, 0.1) is 17.7 Å². The molecule has 106 valence electrons. The average molecular weight is 279 g/mol. The summed E-state index contributed by atoms with van der Waals surface area (Å²) in [6.45, 7) is 4.62. The van der Waals surface area contributed by atoms with Gasteiger partial charge < -0.3 is 9.88 Å². The lowest BCUT2D eigenvalue weighted by Crippen LogP contribution is -2.05. The fraction of sp³-hybridized carbons (Fsp3) is 0.188. The van der Waals surface area contributed by atoms with E-state index in [0.29, 0.717) is 0 Å². The summed E-state index contributed by atoms with van der Waals surface area (Å²) in [6, 6.07) is 8.35. The lowest BCUT2D eigenvalue weighted by Gasteiger charge is -2.09. The third-order valence-electron chi connectivity index (χ3n) is 3.27. The summed E-state index contributed by atoms with van der Waals surface area (Å²) in [6.07, 6.45) is 7.27. The van der Waals surface area contributed by atoms with E-state index in [4.69, 9.17) is 0 Å². The van der Waals surface area contributed by atoms with Gasteiger partial charge in [-0.1, -0.05) is 12.1 Å². The Morgan fingerprint density at radius 2 is 1.95 bits per heavy atom. The molecule has 0 aliphatic rings. The molecule has 3 rings (SSSR count). The van der Waals surface area contributed by atoms with Crippen molar-refractivity contribution in [2.24, 2.45) is 0 Å². The van der Waals surface area contributed by atoms with Crippen LogP contribution in [0.4, 0.5) is 5.82 Å². The molecule has 21 heavy (non-hydrogen) atoms. The minimum atomic E-state index is 0.725. The Kier molecular flexibility index (Phi) is 3.64. The van der Waals surface area contributed by atoms with Crippen molar-refractivity contribution >= 4 is 5.82 Å². The van der Waals surface area contributed by atoms with Crippen molar-refractivity contribution in [2.75, 3.05) is 5.32 Å². The smallest absolute Gasteiger partial charge is 0.148 e. The molecular weight excluding hydrogens is 262 g/mol. The molecule has 0 fully saturated rings. The topological polar surface area (TPSA) is 55.6 Å². The van der Waals surface area contributed by atoms with Crippen LogP contribution in [0.1, 0.15) is 17.0 Å². The summed E-state index contributed by atoms with van der Waals surface area (Å²) < 4.78 is 1.98. The van der Waals surface area contributed by atoms with E-state index in [0.717, 1.165) is 29.4 Å². The molecule has 3 aromatic rings. The fourth-order valence-corrected chi connectivity index (χ4v) is 2.09. The van der Waals surface area contributed by atoms with Crippen LogP contribution in [0, 0.1) is 13.8 Å². The SMILES string of the molecule is Cc1cnc(C)c(NCc2ccc(-n3ccnc3)cc2)n1. The number of hydrogen-bond acceptors (Lipinski definition) is 4. The maximum absolute atomic E-state index is 4.46. The van der Waals surface area contributed by atoms with Gasteiger partial charge in [0.15, 0.2) is 0 Å². The van der Waals surface area contributed by atoms with Gasteiger partial charge in [0.25, 0.3) is 0 Å². The molecule has 0 radical (unpaired) electrons. The number of benzene rings is 1. The van der Waals surface area contributed by atoms with E-state index >= 15 is 0 Å². The standard InChI is InChI=1S/C16H17N5/c1-12-9-18-13(2)16(20-12)19-10-14-3-5-15(6-4-14)21-8-7-17-11-21/h3-9,11H,10H2,1-2H3,(H,19,20). The number of aryl methyl sites for hydroxylation is 2. The van der Waals surface area contributed by atoms with Crippen LogP contribution in [-0.4, -0.2) is 19.5 Å². The van der Waals surface area contributed by atoms with Crippen molar-refractivity contribution in [3.63, 3.8) is 0 Å². The molecule has 0 aliphatic carbocycles. The maximum Gasteiger partial charge on any atom is 0.148 e. The van der Waals surface area contributed by atoms with Crippen LogP contribution < -0.4 is 5.32 Å². The van der Waals surface area contributed by atoms with Gasteiger partial charge in [-0.15, -0.1) is 0 Å². The number of rotatable bonds is 4. The molecule has 0 unspecified atom stereocenters. The van der Waals surface area contributed by atoms with Crippen molar-refractivity contribution < 1.29 is 0 Å². The summed E-state index contributed by atoms with van der Waals surface area (Å²) in [5.41, 5.74) is 4.12. The third kappa shape index (κ3) is 3.08. The van der Waals surface area contributed by atoms with Crippen LogP contribution in [0.25, 0.3) is 5.69 Å². The molecule has 2 heterocycles. The number of hydrogen-bond donors (Lipinski definition) is 1. The van der Waals surface area contributed by atoms with Gasteiger partial charge in [-0.2, -0.15) is 0 Å². The molecule has 0 atom stereocenters. The van der Waals surface area contributed by atoms with Gasteiger partial charge in [0, 0.05) is 30.8 Å². The lowest BCUT2D eigenvalue weighted by molar-refractivity contribution is 1.01. The van der Waals surface area contributed by atoms with Gasteiger partial charge in [0.1, 0.15) is 5.82 Å². The van der Waals surface area contributed by atoms with Gasteiger partial charge >= 0.3 is 0 Å². The van der Waals surface area contributed by atoms with Crippen LogP contribution in [0.15, 0.2) is 49.2 Å². The second-order valence-corrected chi connectivity index (χ2v) is 4.94. The molecule has 0 amide bonds. The number of aromatic nitrogens is 4. The Bertz CT molecular complexity index is 717. The normalized spacial score (nSPS) is 10.6. The second kappa shape index (κ2) is 5.75. The third-order valence-corrected chi connectivity index (χ3v) is 3.27. The molecule has 0 spiro atoms. The van der Waals surface area contributed by atoms with E-state index in [-0.39, 0.29) is 0 Å². The van der Waals surface area contributed by atoms with Gasteiger partial charge in [-0.25, -0.2) is 9.97 Å². The predicted molar refractivity (Wildman–Crippen MR) is 82.4 cm³/mol. The van der Waals surface area contributed by atoms with E-state index in [1.54, 1.807) is 18.7 Å². The molecule has 0 saturated carbocycles. The Morgan fingerprint density at radius 1 is 1.14 bits per heavy atom. The summed E-state index contributed by atoms with van der Waals surface area (Å²) in [4.78, 5) is 12.8. The quantitative estimate of drug-likeness (QED) is 0.798. The Hall–Kier alpha value is -2.69. The number of nitrogens with zero attached hydrogens (tertiary/aromatic N) is 4. The predicted octanol–water partition coefficient (Wildman–Crippen LogP) is 2.89. The molecule has 0 saturated heterocycles. The van der Waals surface area contributed by atoms with E-state index < -0.39 is 0 Å². The molecule has 0 bridgehead atoms. The highest BCUT2D eigenvalue weighted by molar-refractivity contribution is 5.41. The van der Waals surface area contributed by atoms with Crippen molar-refractivity contribution in [3.8, 4) is 5.69 Å². The molecule has 5 nitrogen and oxygen atoms in total. The van der Waals surface area contributed by atoms with Crippen LogP contribution in [0.5, 0.6) is 0 Å². The molecule has 0 aliphatic heterocycles. The molecule has 5 heteroatoms. The zero-order chi connectivity index (χ0) is 14.7. The van der Waals surface area contributed by atoms with Crippen molar-refractivity contribution in [1.29, 1.82) is 0 Å². The summed E-state index contributed by atoms with van der Waals surface area (Å²) in [5, 5.41) is 3.33. The van der Waals surface area contributed by atoms with Crippen LogP contribution >= 0.6 is 0 Å². The molecule has 2 aromatic heterocycles. The van der Waals surface area contributed by atoms with Crippen LogP contribution in [0.3, 0.4) is 0 Å². The number of nitrogens with one attached hydrogen (secondary N) is 1. The second-order valence-electron chi connectivity index (χ2n) is 4.94. The highest BCUT2D eigenvalue weighted by Crippen LogP contribution is 2.13. The fourth-order valence-electron chi connectivity index (χ4n) is 2.09. The van der Waals surface area contributed by atoms with E-state index in [9.17, 15) is 0 Å². The van der Waals surface area contributed by atoms with Crippen molar-refractivity contribution in [3.05, 3.63) is 66.1 Å². The number of imidazole rings is 1. The first kappa shape index (κ1) is 13.3. The summed E-state index contributed by atoms with van der Waals surface area (Å²) >= 11 is 0. The summed E-state index contributed by atoms with van der Waals surface area (Å²) in [5.74, 6) is 0.841. The first-order valence-electron chi connectivity index (χ1n) is 6.84. The first-order valence-corrected chi connectivity index (χ1v) is 6.84. The van der Waals surface area contributed by atoms with E-state index in [1.807, 2.05) is 24.6 Å². The van der Waals surface area contributed by atoms with Crippen molar-refractivity contribution in [2.45, 2.75) is 20.4 Å². The van der Waals surface area contributed by atoms with Crippen molar-refractivity contribution in [1.82, 2.24) is 19.5 Å². The van der Waals surface area contributed by atoms with Gasteiger partial charge in [-0.05, 0) is 31.5 Å². The highest BCUT2D eigenvalue weighted by atomic mass is 15.0. The average Bonchev–Trinajstić information content (AvgIpc) is 3.03. The zero-order valence-electron chi connectivity index (χ0n) is 12.1.